The molecular weight excluding hydrogens is 442 g/mol. The summed E-state index contributed by atoms with van der Waals surface area (Å²) in [7, 11) is -1.09. The minimum Gasteiger partial charge on any atom is -0.331 e. The van der Waals surface area contributed by atoms with E-state index in [1.165, 1.54) is 0 Å². The molecular formula is C26H40ClNO3S. The van der Waals surface area contributed by atoms with E-state index < -0.39 is 21.6 Å². The minimum atomic E-state index is -1.09. The van der Waals surface area contributed by atoms with Crippen molar-refractivity contribution in [2.75, 3.05) is 5.75 Å². The van der Waals surface area contributed by atoms with Gasteiger partial charge in [-0.1, -0.05) is 58.4 Å². The Kier molecular flexibility index (Phi) is 8.42. The molecule has 2 rings (SSSR count). The van der Waals surface area contributed by atoms with Gasteiger partial charge in [0.15, 0.2) is 0 Å². The number of Topliss-reactive ketones (excluding diaryl/α,β-unsaturated/α-hetero) is 1. The third-order valence-corrected chi connectivity index (χ3v) is 8.90. The van der Waals surface area contributed by atoms with Crippen LogP contribution < -0.4 is 0 Å². The maximum Gasteiger partial charge on any atom is 0.229 e. The second-order valence-electron chi connectivity index (χ2n) is 11.4. The zero-order valence-corrected chi connectivity index (χ0v) is 22.5. The molecule has 1 aromatic rings. The number of hydrogen-bond donors (Lipinski definition) is 0. The molecule has 1 aliphatic rings. The number of nitrogens with zero attached hydrogens (tertiary/aromatic N) is 1. The number of likely N-dealkylation sites (tertiary alicyclic amines) is 1. The highest BCUT2D eigenvalue weighted by Crippen LogP contribution is 2.45. The van der Waals surface area contributed by atoms with Crippen LogP contribution in [0.25, 0.3) is 0 Å². The molecule has 3 unspecified atom stereocenters. The van der Waals surface area contributed by atoms with Crippen LogP contribution in [0.5, 0.6) is 0 Å². The fourth-order valence-corrected chi connectivity index (χ4v) is 5.56. The molecule has 0 N–H and O–H groups in total. The first-order valence-corrected chi connectivity index (χ1v) is 13.3. The van der Waals surface area contributed by atoms with Crippen molar-refractivity contribution in [2.45, 2.75) is 97.9 Å². The van der Waals surface area contributed by atoms with Gasteiger partial charge in [0.2, 0.25) is 5.91 Å². The number of rotatable bonds is 7. The van der Waals surface area contributed by atoms with Crippen molar-refractivity contribution < 1.29 is 13.8 Å². The largest absolute Gasteiger partial charge is 0.331 e. The number of benzene rings is 1. The Morgan fingerprint density at radius 1 is 1.19 bits per heavy atom. The summed E-state index contributed by atoms with van der Waals surface area (Å²) >= 11 is 6.11. The molecule has 6 heteroatoms. The van der Waals surface area contributed by atoms with Crippen molar-refractivity contribution in [3.63, 3.8) is 0 Å². The molecule has 0 bridgehead atoms. The summed E-state index contributed by atoms with van der Waals surface area (Å²) in [5, 5.41) is 0.656. The summed E-state index contributed by atoms with van der Waals surface area (Å²) in [5.74, 6) is 0.530. The normalized spacial score (nSPS) is 24.3. The summed E-state index contributed by atoms with van der Waals surface area (Å²) in [5.41, 5.74) is -0.199. The summed E-state index contributed by atoms with van der Waals surface area (Å²) in [6, 6.07) is 7.38. The van der Waals surface area contributed by atoms with Gasteiger partial charge >= 0.3 is 0 Å². The van der Waals surface area contributed by atoms with Gasteiger partial charge in [-0.3, -0.25) is 13.8 Å². The lowest BCUT2D eigenvalue weighted by molar-refractivity contribution is -0.156. The van der Waals surface area contributed by atoms with Crippen LogP contribution in [0, 0.1) is 10.8 Å². The van der Waals surface area contributed by atoms with Crippen molar-refractivity contribution >= 4 is 34.1 Å². The zero-order chi connectivity index (χ0) is 24.5. The molecule has 180 valence electrons. The number of halogens is 1. The molecule has 1 amide bonds. The van der Waals surface area contributed by atoms with Gasteiger partial charge in [0.1, 0.15) is 5.78 Å². The monoisotopic (exact) mass is 481 g/mol. The summed E-state index contributed by atoms with van der Waals surface area (Å²) in [4.78, 5) is 28.9. The molecule has 0 aromatic heterocycles. The minimum absolute atomic E-state index is 0.000871. The highest BCUT2D eigenvalue weighted by Gasteiger charge is 2.48. The fourth-order valence-electron chi connectivity index (χ4n) is 4.19. The van der Waals surface area contributed by atoms with E-state index in [0.29, 0.717) is 23.6 Å². The molecule has 0 spiro atoms. The van der Waals surface area contributed by atoms with Gasteiger partial charge in [-0.05, 0) is 57.7 Å². The quantitative estimate of drug-likeness (QED) is 0.456. The standard InChI is InChI=1S/C26H40ClNO3S/c1-9-20(17-32(31)25(5,6)7)28-21(18-10-12-19(27)13-11-18)14-15-26(8,23(28)30)16-22(29)24(2,3)4/h10-13,20-21H,9,14-17H2,1-8H3/t20?,21?,26-,32?/m1/s1. The first-order valence-electron chi connectivity index (χ1n) is 11.6. The van der Waals surface area contributed by atoms with Gasteiger partial charge in [0.25, 0.3) is 0 Å². The molecule has 1 heterocycles. The average Bonchev–Trinajstić information content (AvgIpc) is 2.67. The Balaban J connectivity index is 2.47. The smallest absolute Gasteiger partial charge is 0.229 e. The van der Waals surface area contributed by atoms with E-state index in [1.807, 2.05) is 84.6 Å². The molecule has 0 radical (unpaired) electrons. The van der Waals surface area contributed by atoms with Crippen molar-refractivity contribution in [1.82, 2.24) is 4.90 Å². The number of carbonyl (C=O) groups excluding carboxylic acids is 2. The summed E-state index contributed by atoms with van der Waals surface area (Å²) in [6.45, 7) is 15.6. The lowest BCUT2D eigenvalue weighted by Crippen LogP contribution is -2.55. The van der Waals surface area contributed by atoms with E-state index in [-0.39, 0.29) is 34.9 Å². The Hall–Kier alpha value is -1.20. The van der Waals surface area contributed by atoms with E-state index in [0.717, 1.165) is 12.0 Å². The van der Waals surface area contributed by atoms with Gasteiger partial charge < -0.3 is 4.90 Å². The van der Waals surface area contributed by atoms with Crippen molar-refractivity contribution in [1.29, 1.82) is 0 Å². The van der Waals surface area contributed by atoms with Gasteiger partial charge in [-0.15, -0.1) is 0 Å². The van der Waals surface area contributed by atoms with E-state index in [4.69, 9.17) is 11.6 Å². The molecule has 0 aliphatic carbocycles. The molecule has 1 aromatic carbocycles. The molecule has 1 saturated heterocycles. The highest BCUT2D eigenvalue weighted by molar-refractivity contribution is 7.86. The Morgan fingerprint density at radius 2 is 1.75 bits per heavy atom. The molecule has 0 saturated carbocycles. The number of carbonyl (C=O) groups is 2. The van der Waals surface area contributed by atoms with Crippen LogP contribution in [-0.4, -0.2) is 37.3 Å². The van der Waals surface area contributed by atoms with Crippen LogP contribution >= 0.6 is 11.6 Å². The van der Waals surface area contributed by atoms with E-state index in [1.54, 1.807) is 0 Å². The maximum atomic E-state index is 14.0. The fraction of sp³-hybridized carbons (Fsp3) is 0.692. The van der Waals surface area contributed by atoms with E-state index >= 15 is 0 Å². The molecule has 4 atom stereocenters. The average molecular weight is 482 g/mol. The van der Waals surface area contributed by atoms with Crippen molar-refractivity contribution in [2.24, 2.45) is 10.8 Å². The van der Waals surface area contributed by atoms with Crippen LogP contribution in [0.4, 0.5) is 0 Å². The number of ketones is 1. The van der Waals surface area contributed by atoms with Gasteiger partial charge in [-0.25, -0.2) is 0 Å². The van der Waals surface area contributed by atoms with Crippen molar-refractivity contribution in [3.05, 3.63) is 34.9 Å². The van der Waals surface area contributed by atoms with Crippen LogP contribution in [0.2, 0.25) is 5.02 Å². The molecule has 1 aliphatic heterocycles. The molecule has 1 fully saturated rings. The first-order chi connectivity index (χ1) is 14.6. The number of hydrogen-bond acceptors (Lipinski definition) is 3. The number of amides is 1. The molecule has 4 nitrogen and oxygen atoms in total. The van der Waals surface area contributed by atoms with Gasteiger partial charge in [0.05, 0.1) is 11.5 Å². The topological polar surface area (TPSA) is 54.5 Å². The Bertz CT molecular complexity index is 853. The number of piperidine rings is 1. The maximum absolute atomic E-state index is 14.0. The summed E-state index contributed by atoms with van der Waals surface area (Å²) < 4.78 is 12.7. The Labute approximate surface area is 201 Å². The van der Waals surface area contributed by atoms with Crippen LogP contribution in [0.15, 0.2) is 24.3 Å². The summed E-state index contributed by atoms with van der Waals surface area (Å²) in [6.07, 6.45) is 2.36. The lowest BCUT2D eigenvalue weighted by Gasteiger charge is -2.48. The van der Waals surface area contributed by atoms with Gasteiger partial charge in [-0.2, -0.15) is 0 Å². The zero-order valence-electron chi connectivity index (χ0n) is 21.0. The van der Waals surface area contributed by atoms with Gasteiger partial charge in [0, 0.05) is 44.2 Å². The second kappa shape index (κ2) is 9.97. The third kappa shape index (κ3) is 6.22. The van der Waals surface area contributed by atoms with E-state index in [9.17, 15) is 13.8 Å². The van der Waals surface area contributed by atoms with Crippen LogP contribution in [0.1, 0.15) is 92.7 Å². The SMILES string of the molecule is CCC(CS(=O)C(C)(C)C)N1C(=O)[C@@](C)(CC(=O)C(C)(C)C)CCC1c1ccc(Cl)cc1. The van der Waals surface area contributed by atoms with E-state index in [2.05, 4.69) is 0 Å². The second-order valence-corrected chi connectivity index (χ2v) is 14.1. The molecule has 32 heavy (non-hydrogen) atoms. The third-order valence-electron chi connectivity index (χ3n) is 6.59. The predicted octanol–water partition coefficient (Wildman–Crippen LogP) is 6.34. The first kappa shape index (κ1) is 27.0. The predicted molar refractivity (Wildman–Crippen MR) is 134 cm³/mol. The highest BCUT2D eigenvalue weighted by atomic mass is 35.5. The van der Waals surface area contributed by atoms with Crippen LogP contribution in [-0.2, 0) is 20.4 Å². The lowest BCUT2D eigenvalue weighted by atomic mass is 9.70. The Morgan fingerprint density at radius 3 is 2.22 bits per heavy atom. The van der Waals surface area contributed by atoms with Crippen LogP contribution in [0.3, 0.4) is 0 Å². The van der Waals surface area contributed by atoms with Crippen molar-refractivity contribution in [3.8, 4) is 0 Å².